The molecule has 0 bridgehead atoms. The van der Waals surface area contributed by atoms with E-state index in [-0.39, 0.29) is 12.1 Å². The molecule has 2 aromatic carbocycles. The Morgan fingerprint density at radius 3 is 2.55 bits per heavy atom. The summed E-state index contributed by atoms with van der Waals surface area (Å²) in [4.78, 5) is 16.4. The summed E-state index contributed by atoms with van der Waals surface area (Å²) in [6.45, 7) is 2.48. The Morgan fingerprint density at radius 2 is 1.79 bits per heavy atom. The van der Waals surface area contributed by atoms with E-state index in [9.17, 15) is 0 Å². The number of hydrogen-bond acceptors (Lipinski definition) is 7. The van der Waals surface area contributed by atoms with Crippen molar-refractivity contribution in [2.45, 2.75) is 25.5 Å². The van der Waals surface area contributed by atoms with Crippen LogP contribution < -0.4 is 4.90 Å². The van der Waals surface area contributed by atoms with Gasteiger partial charge in [0.05, 0.1) is 17.3 Å². The third kappa shape index (κ3) is 3.23. The van der Waals surface area contributed by atoms with Gasteiger partial charge in [0.1, 0.15) is 6.04 Å². The minimum absolute atomic E-state index is 0.0439. The van der Waals surface area contributed by atoms with Crippen LogP contribution >= 0.6 is 0 Å². The fourth-order valence-electron chi connectivity index (χ4n) is 3.88. The van der Waals surface area contributed by atoms with Crippen LogP contribution in [0.25, 0.3) is 22.2 Å². The van der Waals surface area contributed by atoms with Crippen LogP contribution in [-0.2, 0) is 4.74 Å². The van der Waals surface area contributed by atoms with E-state index in [0.29, 0.717) is 24.2 Å². The summed E-state index contributed by atoms with van der Waals surface area (Å²) in [7, 11) is 1.72. The second-order valence-electron chi connectivity index (χ2n) is 7.20. The molecule has 2 aromatic heterocycles. The van der Waals surface area contributed by atoms with E-state index < -0.39 is 0 Å². The molecule has 0 aliphatic carbocycles. The van der Waals surface area contributed by atoms with Crippen molar-refractivity contribution < 1.29 is 9.26 Å². The van der Waals surface area contributed by atoms with Gasteiger partial charge in [-0.25, -0.2) is 9.97 Å². The van der Waals surface area contributed by atoms with Crippen molar-refractivity contribution in [1.82, 2.24) is 20.1 Å². The number of hydrogen-bond donors (Lipinski definition) is 0. The first-order valence-corrected chi connectivity index (χ1v) is 9.65. The van der Waals surface area contributed by atoms with Gasteiger partial charge in [-0.3, -0.25) is 0 Å². The van der Waals surface area contributed by atoms with Gasteiger partial charge in [-0.1, -0.05) is 53.7 Å². The summed E-state index contributed by atoms with van der Waals surface area (Å²) >= 11 is 0. The molecule has 5 rings (SSSR count). The zero-order valence-electron chi connectivity index (χ0n) is 16.3. The van der Waals surface area contributed by atoms with Crippen molar-refractivity contribution in [2.24, 2.45) is 0 Å². The maximum Gasteiger partial charge on any atom is 0.249 e. The van der Waals surface area contributed by atoms with Crippen molar-refractivity contribution in [3.8, 4) is 11.3 Å². The van der Waals surface area contributed by atoms with Gasteiger partial charge in [-0.05, 0) is 13.0 Å². The fourth-order valence-corrected chi connectivity index (χ4v) is 3.88. The van der Waals surface area contributed by atoms with Gasteiger partial charge in [0.2, 0.25) is 11.8 Å². The molecule has 146 valence electrons. The number of anilines is 1. The molecule has 0 spiro atoms. The van der Waals surface area contributed by atoms with Crippen molar-refractivity contribution in [2.75, 3.05) is 18.6 Å². The van der Waals surface area contributed by atoms with Gasteiger partial charge in [0, 0.05) is 31.0 Å². The van der Waals surface area contributed by atoms with E-state index in [4.69, 9.17) is 19.2 Å². The molecule has 0 N–H and O–H groups in total. The molecule has 1 aliphatic heterocycles. The second-order valence-corrected chi connectivity index (χ2v) is 7.20. The Balaban J connectivity index is 1.65. The number of nitrogens with zero attached hydrogens (tertiary/aromatic N) is 5. The van der Waals surface area contributed by atoms with Crippen molar-refractivity contribution in [3.63, 3.8) is 0 Å². The second kappa shape index (κ2) is 7.25. The van der Waals surface area contributed by atoms with Crippen LogP contribution in [0.15, 0.2) is 59.1 Å². The van der Waals surface area contributed by atoms with Crippen LogP contribution in [0.5, 0.6) is 0 Å². The molecule has 0 saturated carbocycles. The number of para-hydroxylation sites is 1. The molecule has 2 atom stereocenters. The standard InChI is InChI=1S/C22H21N5O2/c1-14-23-21(29-26-14)19-12-16(28-2)13-27(19)22-24-18-11-7-6-10-17(18)20(25-22)15-8-4-3-5-9-15/h3-11,16,19H,12-13H2,1-2H3. The summed E-state index contributed by atoms with van der Waals surface area (Å²) < 4.78 is 11.1. The molecule has 2 unspecified atom stereocenters. The average molecular weight is 387 g/mol. The van der Waals surface area contributed by atoms with E-state index in [2.05, 4.69) is 33.2 Å². The molecule has 7 heteroatoms. The summed E-state index contributed by atoms with van der Waals surface area (Å²) in [6, 6.07) is 18.1. The molecule has 1 aliphatic rings. The zero-order valence-corrected chi connectivity index (χ0v) is 16.3. The smallest absolute Gasteiger partial charge is 0.249 e. The lowest BCUT2D eigenvalue weighted by Crippen LogP contribution is -2.27. The first kappa shape index (κ1) is 17.8. The molecule has 7 nitrogen and oxygen atoms in total. The highest BCUT2D eigenvalue weighted by atomic mass is 16.5. The molecule has 29 heavy (non-hydrogen) atoms. The Kier molecular flexibility index (Phi) is 4.44. The predicted octanol–water partition coefficient (Wildman–Crippen LogP) is 3.95. The van der Waals surface area contributed by atoms with Gasteiger partial charge in [0.25, 0.3) is 0 Å². The summed E-state index contributed by atoms with van der Waals surface area (Å²) in [5, 5.41) is 4.98. The van der Waals surface area contributed by atoms with E-state index in [1.807, 2.05) is 43.3 Å². The van der Waals surface area contributed by atoms with Gasteiger partial charge >= 0.3 is 0 Å². The van der Waals surface area contributed by atoms with E-state index >= 15 is 0 Å². The van der Waals surface area contributed by atoms with Gasteiger partial charge in [-0.2, -0.15) is 4.98 Å². The predicted molar refractivity (Wildman–Crippen MR) is 110 cm³/mol. The molecule has 0 radical (unpaired) electrons. The van der Waals surface area contributed by atoms with E-state index in [1.165, 1.54) is 0 Å². The number of aromatic nitrogens is 4. The minimum atomic E-state index is -0.120. The first-order chi connectivity index (χ1) is 14.2. The van der Waals surface area contributed by atoms with Crippen LogP contribution in [-0.4, -0.2) is 39.9 Å². The third-order valence-corrected chi connectivity index (χ3v) is 5.32. The highest BCUT2D eigenvalue weighted by Crippen LogP contribution is 2.37. The van der Waals surface area contributed by atoms with Crippen molar-refractivity contribution in [3.05, 3.63) is 66.3 Å². The fraction of sp³-hybridized carbons (Fsp3) is 0.273. The van der Waals surface area contributed by atoms with Crippen LogP contribution in [0.3, 0.4) is 0 Å². The largest absolute Gasteiger partial charge is 0.380 e. The van der Waals surface area contributed by atoms with Crippen LogP contribution in [0.1, 0.15) is 24.2 Å². The molecular weight excluding hydrogens is 366 g/mol. The Labute approximate surface area is 168 Å². The van der Waals surface area contributed by atoms with Crippen molar-refractivity contribution in [1.29, 1.82) is 0 Å². The summed E-state index contributed by atoms with van der Waals surface area (Å²) in [6.07, 6.45) is 0.789. The zero-order chi connectivity index (χ0) is 19.8. The number of rotatable bonds is 4. The minimum Gasteiger partial charge on any atom is -0.380 e. The first-order valence-electron chi connectivity index (χ1n) is 9.65. The Morgan fingerprint density at radius 1 is 1.00 bits per heavy atom. The SMILES string of the molecule is COC1CC(c2nc(C)no2)N(c2nc(-c3ccccc3)c3ccccc3n2)C1. The number of ether oxygens (including phenoxy) is 1. The highest BCUT2D eigenvalue weighted by Gasteiger charge is 2.38. The number of benzene rings is 2. The maximum absolute atomic E-state index is 5.64. The van der Waals surface area contributed by atoms with Crippen molar-refractivity contribution >= 4 is 16.9 Å². The molecule has 1 saturated heterocycles. The Bertz CT molecular complexity index is 1140. The third-order valence-electron chi connectivity index (χ3n) is 5.32. The summed E-state index contributed by atoms with van der Waals surface area (Å²) in [5.74, 6) is 1.83. The van der Waals surface area contributed by atoms with Gasteiger partial charge < -0.3 is 14.2 Å². The quantitative estimate of drug-likeness (QED) is 0.524. The van der Waals surface area contributed by atoms with Crippen LogP contribution in [0, 0.1) is 6.92 Å². The Hall–Kier alpha value is -3.32. The van der Waals surface area contributed by atoms with Gasteiger partial charge in [0.15, 0.2) is 5.82 Å². The highest BCUT2D eigenvalue weighted by molar-refractivity contribution is 5.93. The lowest BCUT2D eigenvalue weighted by atomic mass is 10.1. The number of fused-ring (bicyclic) bond motifs is 1. The number of aryl methyl sites for hydroxylation is 1. The van der Waals surface area contributed by atoms with Gasteiger partial charge in [-0.15, -0.1) is 0 Å². The van der Waals surface area contributed by atoms with Crippen LogP contribution in [0.2, 0.25) is 0 Å². The molecule has 3 heterocycles. The van der Waals surface area contributed by atoms with E-state index in [1.54, 1.807) is 7.11 Å². The van der Waals surface area contributed by atoms with Crippen LogP contribution in [0.4, 0.5) is 5.95 Å². The molecule has 0 amide bonds. The lowest BCUT2D eigenvalue weighted by Gasteiger charge is -2.22. The average Bonchev–Trinajstić information content (AvgIpc) is 3.39. The summed E-state index contributed by atoms with van der Waals surface area (Å²) in [5.41, 5.74) is 2.87. The molecule has 4 aromatic rings. The number of methoxy groups -OCH3 is 1. The molecule has 1 fully saturated rings. The molecular formula is C22H21N5O2. The topological polar surface area (TPSA) is 77.2 Å². The monoisotopic (exact) mass is 387 g/mol. The lowest BCUT2D eigenvalue weighted by molar-refractivity contribution is 0.117. The van der Waals surface area contributed by atoms with E-state index in [0.717, 1.165) is 28.6 Å². The maximum atomic E-state index is 5.64. The normalized spacial score (nSPS) is 19.2.